The third-order valence-electron chi connectivity index (χ3n) is 6.18. The molecule has 1 fully saturated rings. The summed E-state index contributed by atoms with van der Waals surface area (Å²) in [6.45, 7) is 15.0. The molecule has 1 aromatic carbocycles. The number of nitrogens with one attached hydrogen (secondary N) is 1. The Morgan fingerprint density at radius 1 is 1.17 bits per heavy atom. The number of hydrogen-bond donors (Lipinski definition) is 1. The maximum atomic E-state index is 13.5. The molecule has 0 atom stereocenters. The highest BCUT2D eigenvalue weighted by molar-refractivity contribution is 7.90. The average Bonchev–Trinajstić information content (AvgIpc) is 3.20. The van der Waals surface area contributed by atoms with E-state index in [1.54, 1.807) is 15.7 Å². The fourth-order valence-corrected chi connectivity index (χ4v) is 5.84. The van der Waals surface area contributed by atoms with Crippen LogP contribution in [0, 0.1) is 12.8 Å². The van der Waals surface area contributed by atoms with Crippen molar-refractivity contribution in [1.29, 1.82) is 0 Å². The first-order valence-electron chi connectivity index (χ1n) is 12.7. The molecule has 2 amide bonds. The lowest BCUT2D eigenvalue weighted by Crippen LogP contribution is -2.47. The van der Waals surface area contributed by atoms with Crippen molar-refractivity contribution in [1.82, 2.24) is 24.7 Å². The summed E-state index contributed by atoms with van der Waals surface area (Å²) < 4.78 is 34.2. The summed E-state index contributed by atoms with van der Waals surface area (Å²) in [5.41, 5.74) is 2.41. The second-order valence-corrected chi connectivity index (χ2v) is 12.1. The molecule has 2 heterocycles. The normalized spacial score (nSPS) is 15.0. The summed E-state index contributed by atoms with van der Waals surface area (Å²) >= 11 is 0. The van der Waals surface area contributed by atoms with Gasteiger partial charge in [0.2, 0.25) is 15.0 Å². The minimum absolute atomic E-state index is 0.00554. The van der Waals surface area contributed by atoms with Gasteiger partial charge in [0.15, 0.2) is 0 Å². The Morgan fingerprint density at radius 3 is 2.50 bits per heavy atom. The third kappa shape index (κ3) is 7.78. The first-order chi connectivity index (χ1) is 17.1. The number of morpholine rings is 1. The molecule has 1 aliphatic rings. The first-order valence-corrected chi connectivity index (χ1v) is 14.4. The summed E-state index contributed by atoms with van der Waals surface area (Å²) in [6, 6.07) is 7.33. The Labute approximate surface area is 215 Å². The van der Waals surface area contributed by atoms with E-state index >= 15 is 0 Å². The molecule has 0 saturated carbocycles. The van der Waals surface area contributed by atoms with E-state index in [1.165, 1.54) is 0 Å². The smallest absolute Gasteiger partial charge is 0.317 e. The van der Waals surface area contributed by atoms with Crippen molar-refractivity contribution >= 4 is 15.9 Å². The summed E-state index contributed by atoms with van der Waals surface area (Å²) in [5.74, 6) is 0.0969. The largest absolute Gasteiger partial charge is 0.379 e. The van der Waals surface area contributed by atoms with Gasteiger partial charge in [-0.05, 0) is 37.8 Å². The number of aromatic nitrogens is 2. The van der Waals surface area contributed by atoms with Gasteiger partial charge in [-0.25, -0.2) is 18.2 Å². The highest BCUT2D eigenvalue weighted by atomic mass is 32.2. The monoisotopic (exact) mass is 519 g/mol. The van der Waals surface area contributed by atoms with Crippen LogP contribution in [-0.2, 0) is 33.4 Å². The molecular formula is C26H41N5O4S. The summed E-state index contributed by atoms with van der Waals surface area (Å²) in [5, 5.41) is 3.04. The highest BCUT2D eigenvalue weighted by Gasteiger charge is 2.27. The zero-order valence-electron chi connectivity index (χ0n) is 22.2. The van der Waals surface area contributed by atoms with Crippen LogP contribution >= 0.6 is 0 Å². The van der Waals surface area contributed by atoms with Gasteiger partial charge in [-0.1, -0.05) is 38.1 Å². The molecule has 1 saturated heterocycles. The van der Waals surface area contributed by atoms with E-state index in [4.69, 9.17) is 4.74 Å². The van der Waals surface area contributed by atoms with Gasteiger partial charge in [0.05, 0.1) is 37.4 Å². The van der Waals surface area contributed by atoms with Crippen LogP contribution in [0.4, 0.5) is 4.79 Å². The molecule has 0 spiro atoms. The summed E-state index contributed by atoms with van der Waals surface area (Å²) in [4.78, 5) is 21.5. The minimum Gasteiger partial charge on any atom is -0.379 e. The predicted octanol–water partition coefficient (Wildman–Crippen LogP) is 3.07. The number of ether oxygens (including phenoxy) is 1. The van der Waals surface area contributed by atoms with Crippen LogP contribution in [0.1, 0.15) is 44.5 Å². The quantitative estimate of drug-likeness (QED) is 0.490. The van der Waals surface area contributed by atoms with Gasteiger partial charge >= 0.3 is 6.03 Å². The molecule has 0 radical (unpaired) electrons. The maximum Gasteiger partial charge on any atom is 0.317 e. The van der Waals surface area contributed by atoms with E-state index in [9.17, 15) is 13.2 Å². The van der Waals surface area contributed by atoms with Crippen molar-refractivity contribution in [2.75, 3.05) is 39.4 Å². The lowest BCUT2D eigenvalue weighted by molar-refractivity contribution is 0.0345. The number of imidazole rings is 1. The third-order valence-corrected chi connectivity index (χ3v) is 7.75. The van der Waals surface area contributed by atoms with Crippen LogP contribution in [0.2, 0.25) is 0 Å². The van der Waals surface area contributed by atoms with Gasteiger partial charge in [-0.15, -0.1) is 0 Å². The number of carbonyl (C=O) groups is 1. The van der Waals surface area contributed by atoms with E-state index in [0.29, 0.717) is 32.0 Å². The second-order valence-electron chi connectivity index (χ2n) is 10.2. The standard InChI is InChI=1S/C26H41N5O4S/c1-20(2)17-31-24(16-27-26(31)36(33,34)19-23-9-7-6-8-22(23)5)18-30(25(32)28-21(3)4)11-10-29-12-14-35-15-13-29/h6-9,16,20-21H,10-15,17-19H2,1-5H3,(H,28,32). The molecule has 0 aliphatic carbocycles. The lowest BCUT2D eigenvalue weighted by atomic mass is 10.1. The molecule has 1 aromatic heterocycles. The molecule has 3 rings (SSSR count). The van der Waals surface area contributed by atoms with Crippen molar-refractivity contribution < 1.29 is 17.9 Å². The molecular weight excluding hydrogens is 478 g/mol. The molecule has 36 heavy (non-hydrogen) atoms. The van der Waals surface area contributed by atoms with E-state index in [-0.39, 0.29) is 35.4 Å². The summed E-state index contributed by atoms with van der Waals surface area (Å²) in [6.07, 6.45) is 1.61. The van der Waals surface area contributed by atoms with Gasteiger partial charge in [0.1, 0.15) is 0 Å². The number of amides is 2. The van der Waals surface area contributed by atoms with E-state index in [1.807, 2.05) is 58.9 Å². The van der Waals surface area contributed by atoms with Crippen LogP contribution in [0.15, 0.2) is 35.6 Å². The fourth-order valence-electron chi connectivity index (χ4n) is 4.24. The van der Waals surface area contributed by atoms with Crippen LogP contribution in [0.25, 0.3) is 0 Å². The lowest BCUT2D eigenvalue weighted by Gasteiger charge is -2.30. The van der Waals surface area contributed by atoms with Gasteiger partial charge in [-0.3, -0.25) is 4.90 Å². The van der Waals surface area contributed by atoms with Gasteiger partial charge in [0, 0.05) is 38.8 Å². The molecule has 10 heteroatoms. The topological polar surface area (TPSA) is 96.8 Å². The number of sulfone groups is 1. The van der Waals surface area contributed by atoms with Crippen molar-refractivity contribution in [3.8, 4) is 0 Å². The van der Waals surface area contributed by atoms with Gasteiger partial charge in [0.25, 0.3) is 0 Å². The Bertz CT molecular complexity index is 1110. The molecule has 0 bridgehead atoms. The van der Waals surface area contributed by atoms with Crippen LogP contribution < -0.4 is 5.32 Å². The van der Waals surface area contributed by atoms with Gasteiger partial charge in [-0.2, -0.15) is 0 Å². The Morgan fingerprint density at radius 2 is 1.86 bits per heavy atom. The van der Waals surface area contributed by atoms with Crippen LogP contribution in [0.5, 0.6) is 0 Å². The van der Waals surface area contributed by atoms with Crippen molar-refractivity contribution in [3.63, 3.8) is 0 Å². The Hall–Kier alpha value is -2.43. The first kappa shape index (κ1) is 28.1. The van der Waals surface area contributed by atoms with E-state index < -0.39 is 9.84 Å². The van der Waals surface area contributed by atoms with Crippen molar-refractivity contribution in [3.05, 3.63) is 47.3 Å². The van der Waals surface area contributed by atoms with Gasteiger partial charge < -0.3 is 19.5 Å². The molecule has 200 valence electrons. The minimum atomic E-state index is -3.69. The summed E-state index contributed by atoms with van der Waals surface area (Å²) in [7, 11) is -3.69. The Balaban J connectivity index is 1.87. The second kappa shape index (κ2) is 12.7. The van der Waals surface area contributed by atoms with Crippen molar-refractivity contribution in [2.45, 2.75) is 64.7 Å². The molecule has 9 nitrogen and oxygen atoms in total. The zero-order chi connectivity index (χ0) is 26.3. The average molecular weight is 520 g/mol. The molecule has 1 aliphatic heterocycles. The van der Waals surface area contributed by atoms with E-state index in [2.05, 4.69) is 15.2 Å². The van der Waals surface area contributed by atoms with Crippen LogP contribution in [-0.4, -0.2) is 79.2 Å². The van der Waals surface area contributed by atoms with Crippen molar-refractivity contribution in [2.24, 2.45) is 5.92 Å². The fraction of sp³-hybridized carbons (Fsp3) is 0.615. The van der Waals surface area contributed by atoms with Crippen LogP contribution in [0.3, 0.4) is 0 Å². The number of rotatable bonds is 11. The zero-order valence-corrected chi connectivity index (χ0v) is 23.1. The SMILES string of the molecule is Cc1ccccc1CS(=O)(=O)c1ncc(CN(CCN2CCOCC2)C(=O)NC(C)C)n1CC(C)C. The number of carbonyl (C=O) groups excluding carboxylic acids is 1. The number of benzene rings is 1. The Kier molecular flexibility index (Phi) is 9.92. The maximum absolute atomic E-state index is 13.5. The molecule has 1 N–H and O–H groups in total. The number of nitrogens with zero attached hydrogens (tertiary/aromatic N) is 4. The molecule has 0 unspecified atom stereocenters. The molecule has 2 aromatic rings. The van der Waals surface area contributed by atoms with E-state index in [0.717, 1.165) is 30.8 Å². The predicted molar refractivity (Wildman–Crippen MR) is 140 cm³/mol. The highest BCUT2D eigenvalue weighted by Crippen LogP contribution is 2.22. The number of urea groups is 1. The number of hydrogen-bond acceptors (Lipinski definition) is 6. The number of aryl methyl sites for hydroxylation is 1.